The molecule has 5 nitrogen and oxygen atoms in total. The molecular weight excluding hydrogens is 390 g/mol. The van der Waals surface area contributed by atoms with Gasteiger partial charge in [-0.1, -0.05) is 86.7 Å². The van der Waals surface area contributed by atoms with E-state index >= 15 is 0 Å². The second-order valence-electron chi connectivity index (χ2n) is 9.11. The lowest BCUT2D eigenvalue weighted by Crippen LogP contribution is -2.40. The minimum Gasteiger partial charge on any atom is -0.465 e. The van der Waals surface area contributed by atoms with E-state index in [1.165, 1.54) is 0 Å². The smallest absolute Gasteiger partial charge is 0.312 e. The van der Waals surface area contributed by atoms with Crippen LogP contribution in [-0.4, -0.2) is 41.6 Å². The molecule has 3 heterocycles. The lowest BCUT2D eigenvalue weighted by molar-refractivity contribution is -0.155. The van der Waals surface area contributed by atoms with E-state index in [1.54, 1.807) is 0 Å². The standard InChI is InChI=1S/C26H27NO4/c1-17(2)15-30-25(29)21-20-13-14-26(31-20)16-27(24(28)22(21)26)23(18-9-5-3-6-10-18)19-11-7-4-8-12-19/h3-14,17,20-23H,15-16H2,1-2H3/t20-,21?,22+,26-/m1/s1. The van der Waals surface area contributed by atoms with Gasteiger partial charge in [0.25, 0.3) is 0 Å². The summed E-state index contributed by atoms with van der Waals surface area (Å²) in [5.41, 5.74) is 1.32. The van der Waals surface area contributed by atoms with Crippen LogP contribution in [0.5, 0.6) is 0 Å². The largest absolute Gasteiger partial charge is 0.465 e. The Morgan fingerprint density at radius 2 is 1.71 bits per heavy atom. The van der Waals surface area contributed by atoms with Crippen molar-refractivity contribution < 1.29 is 19.1 Å². The molecule has 2 saturated heterocycles. The Bertz CT molecular complexity index is 963. The molecule has 0 saturated carbocycles. The summed E-state index contributed by atoms with van der Waals surface area (Å²) in [6.45, 7) is 4.77. The van der Waals surface area contributed by atoms with Crippen LogP contribution in [0.1, 0.15) is 31.0 Å². The van der Waals surface area contributed by atoms with Crippen molar-refractivity contribution in [3.05, 3.63) is 83.9 Å². The monoisotopic (exact) mass is 417 g/mol. The van der Waals surface area contributed by atoms with Crippen LogP contribution in [-0.2, 0) is 19.1 Å². The predicted octanol–water partition coefficient (Wildman–Crippen LogP) is 3.76. The Morgan fingerprint density at radius 1 is 1.10 bits per heavy atom. The van der Waals surface area contributed by atoms with E-state index in [4.69, 9.17) is 9.47 Å². The number of hydrogen-bond acceptors (Lipinski definition) is 4. The highest BCUT2D eigenvalue weighted by Gasteiger charge is 2.68. The Labute approximate surface area is 182 Å². The minimum absolute atomic E-state index is 0.0453. The summed E-state index contributed by atoms with van der Waals surface area (Å²) in [5, 5.41) is 0. The van der Waals surface area contributed by atoms with E-state index in [9.17, 15) is 9.59 Å². The molecular formula is C26H27NO4. The molecule has 1 amide bonds. The highest BCUT2D eigenvalue weighted by atomic mass is 16.6. The van der Waals surface area contributed by atoms with Gasteiger partial charge in [0.1, 0.15) is 11.5 Å². The van der Waals surface area contributed by atoms with E-state index in [-0.39, 0.29) is 29.9 Å². The third kappa shape index (κ3) is 3.28. The number of esters is 1. The number of carbonyl (C=O) groups excluding carboxylic acids is 2. The Hall–Kier alpha value is -2.92. The zero-order valence-corrected chi connectivity index (χ0v) is 17.8. The van der Waals surface area contributed by atoms with Crippen LogP contribution in [0.3, 0.4) is 0 Å². The molecule has 2 bridgehead atoms. The molecule has 5 heteroatoms. The molecule has 5 rings (SSSR count). The summed E-state index contributed by atoms with van der Waals surface area (Å²) in [4.78, 5) is 28.6. The maximum atomic E-state index is 13.8. The third-order valence-corrected chi connectivity index (χ3v) is 6.50. The molecule has 2 aromatic carbocycles. The Kier molecular flexibility index (Phi) is 4.94. The number of fused-ring (bicyclic) bond motifs is 1. The zero-order valence-electron chi connectivity index (χ0n) is 17.8. The summed E-state index contributed by atoms with van der Waals surface area (Å²) in [7, 11) is 0. The van der Waals surface area contributed by atoms with Gasteiger partial charge in [-0.15, -0.1) is 0 Å². The molecule has 1 spiro atoms. The van der Waals surface area contributed by atoms with Crippen molar-refractivity contribution >= 4 is 11.9 Å². The molecule has 0 N–H and O–H groups in total. The minimum atomic E-state index is -0.759. The summed E-state index contributed by atoms with van der Waals surface area (Å²) >= 11 is 0. The molecule has 0 aliphatic carbocycles. The number of ether oxygens (including phenoxy) is 2. The van der Waals surface area contributed by atoms with E-state index < -0.39 is 17.4 Å². The predicted molar refractivity (Wildman–Crippen MR) is 116 cm³/mol. The first-order valence-electron chi connectivity index (χ1n) is 10.9. The van der Waals surface area contributed by atoms with Crippen molar-refractivity contribution in [2.75, 3.05) is 13.2 Å². The van der Waals surface area contributed by atoms with Crippen molar-refractivity contribution in [3.63, 3.8) is 0 Å². The number of amides is 1. The molecule has 2 fully saturated rings. The van der Waals surface area contributed by atoms with Gasteiger partial charge in [-0.3, -0.25) is 9.59 Å². The normalized spacial score (nSPS) is 28.6. The van der Waals surface area contributed by atoms with E-state index in [1.807, 2.05) is 91.6 Å². The number of hydrogen-bond donors (Lipinski definition) is 0. The average molecular weight is 418 g/mol. The molecule has 4 atom stereocenters. The van der Waals surface area contributed by atoms with Gasteiger partial charge in [0.05, 0.1) is 31.2 Å². The highest BCUT2D eigenvalue weighted by molar-refractivity contribution is 5.91. The van der Waals surface area contributed by atoms with Crippen molar-refractivity contribution in [2.45, 2.75) is 31.6 Å². The summed E-state index contributed by atoms with van der Waals surface area (Å²) in [6.07, 6.45) is 3.52. The number of benzene rings is 2. The van der Waals surface area contributed by atoms with Gasteiger partial charge in [-0.25, -0.2) is 0 Å². The first-order chi connectivity index (χ1) is 15.0. The van der Waals surface area contributed by atoms with Crippen LogP contribution < -0.4 is 0 Å². The van der Waals surface area contributed by atoms with Gasteiger partial charge in [0.2, 0.25) is 5.91 Å². The van der Waals surface area contributed by atoms with Crippen molar-refractivity contribution in [2.24, 2.45) is 17.8 Å². The van der Waals surface area contributed by atoms with Gasteiger partial charge in [0, 0.05) is 0 Å². The Balaban J connectivity index is 1.50. The fraction of sp³-hybridized carbons (Fsp3) is 0.385. The summed E-state index contributed by atoms with van der Waals surface area (Å²) in [5.74, 6) is -1.27. The van der Waals surface area contributed by atoms with Crippen molar-refractivity contribution in [1.29, 1.82) is 0 Å². The van der Waals surface area contributed by atoms with Crippen LogP contribution >= 0.6 is 0 Å². The molecule has 0 aromatic heterocycles. The first-order valence-corrected chi connectivity index (χ1v) is 10.9. The van der Waals surface area contributed by atoms with E-state index in [0.29, 0.717) is 13.2 Å². The lowest BCUT2D eigenvalue weighted by Gasteiger charge is -2.31. The van der Waals surface area contributed by atoms with Gasteiger partial charge >= 0.3 is 5.97 Å². The SMILES string of the molecule is CC(C)COC(=O)C1[C@H]2C(=O)N(C(c3ccccc3)c3ccccc3)C[C@]23C=C[C@H]1O3. The van der Waals surface area contributed by atoms with Crippen LogP contribution in [0.2, 0.25) is 0 Å². The van der Waals surface area contributed by atoms with Crippen LogP contribution in [0.15, 0.2) is 72.8 Å². The van der Waals surface area contributed by atoms with Crippen LogP contribution in [0.4, 0.5) is 0 Å². The molecule has 3 aliphatic rings. The van der Waals surface area contributed by atoms with Gasteiger partial charge in [0.15, 0.2) is 0 Å². The van der Waals surface area contributed by atoms with E-state index in [2.05, 4.69) is 0 Å². The number of carbonyl (C=O) groups is 2. The Morgan fingerprint density at radius 3 is 2.29 bits per heavy atom. The number of likely N-dealkylation sites (tertiary alicyclic amines) is 1. The third-order valence-electron chi connectivity index (χ3n) is 6.50. The molecule has 1 unspecified atom stereocenters. The fourth-order valence-electron chi connectivity index (χ4n) is 5.18. The maximum Gasteiger partial charge on any atom is 0.312 e. The molecule has 3 aliphatic heterocycles. The molecule has 0 radical (unpaired) electrons. The van der Waals surface area contributed by atoms with Crippen molar-refractivity contribution in [3.8, 4) is 0 Å². The lowest BCUT2D eigenvalue weighted by atomic mass is 9.77. The van der Waals surface area contributed by atoms with Gasteiger partial charge < -0.3 is 14.4 Å². The van der Waals surface area contributed by atoms with E-state index in [0.717, 1.165) is 11.1 Å². The number of rotatable bonds is 6. The molecule has 160 valence electrons. The molecule has 31 heavy (non-hydrogen) atoms. The van der Waals surface area contributed by atoms with Crippen LogP contribution in [0, 0.1) is 17.8 Å². The number of nitrogens with zero attached hydrogens (tertiary/aromatic N) is 1. The average Bonchev–Trinajstić information content (AvgIpc) is 3.42. The van der Waals surface area contributed by atoms with Crippen LogP contribution in [0.25, 0.3) is 0 Å². The van der Waals surface area contributed by atoms with Gasteiger partial charge in [-0.2, -0.15) is 0 Å². The fourth-order valence-corrected chi connectivity index (χ4v) is 5.18. The highest BCUT2D eigenvalue weighted by Crippen LogP contribution is 2.54. The molecule has 2 aromatic rings. The second kappa shape index (κ2) is 7.65. The quantitative estimate of drug-likeness (QED) is 0.531. The zero-order chi connectivity index (χ0) is 21.6. The van der Waals surface area contributed by atoms with Gasteiger partial charge in [-0.05, 0) is 17.0 Å². The maximum absolute atomic E-state index is 13.8. The van der Waals surface area contributed by atoms with Crippen molar-refractivity contribution in [1.82, 2.24) is 4.90 Å². The summed E-state index contributed by atoms with van der Waals surface area (Å²) < 4.78 is 11.8. The first kappa shape index (κ1) is 20.0. The topological polar surface area (TPSA) is 55.8 Å². The second-order valence-corrected chi connectivity index (χ2v) is 9.11. The summed E-state index contributed by atoms with van der Waals surface area (Å²) in [6, 6.07) is 19.8.